The quantitative estimate of drug-likeness (QED) is 0.172. The Labute approximate surface area is 457 Å². The Morgan fingerprint density at radius 2 is 0.823 bits per heavy atom. The highest BCUT2D eigenvalue weighted by molar-refractivity contribution is 6.22. The molecule has 0 amide bonds. The Morgan fingerprint density at radius 3 is 1.54 bits per heavy atom. The van der Waals surface area contributed by atoms with Crippen LogP contribution >= 0.6 is 0 Å². The first-order valence-electron chi connectivity index (χ1n) is 27.7. The fourth-order valence-electron chi connectivity index (χ4n) is 14.9. The van der Waals surface area contributed by atoms with E-state index in [0.29, 0.717) is 0 Å². The average molecular weight is 1020 g/mol. The van der Waals surface area contributed by atoms with Gasteiger partial charge in [0, 0.05) is 76.6 Å². The lowest BCUT2D eigenvalue weighted by Crippen LogP contribution is -2.24. The van der Waals surface area contributed by atoms with Gasteiger partial charge in [0.1, 0.15) is 33.5 Å². The minimum Gasteiger partial charge on any atom is -0.456 e. The smallest absolute Gasteiger partial charge is 0.144 e. The zero-order valence-electron chi connectivity index (χ0n) is 44.9. The van der Waals surface area contributed by atoms with E-state index in [1.54, 1.807) is 0 Å². The van der Waals surface area contributed by atoms with Crippen LogP contribution in [0.5, 0.6) is 0 Å². The maximum atomic E-state index is 7.04. The molecule has 0 atom stereocenters. The highest BCUT2D eigenvalue weighted by Crippen LogP contribution is 2.64. The first-order valence-corrected chi connectivity index (χ1v) is 27.7. The molecule has 4 heteroatoms. The van der Waals surface area contributed by atoms with Crippen molar-refractivity contribution in [3.8, 4) is 55.6 Å². The van der Waals surface area contributed by atoms with E-state index < -0.39 is 0 Å². The number of rotatable bonds is 5. The fraction of sp³-hybridized carbons (Fsp3) is 0.120. The van der Waals surface area contributed by atoms with Crippen molar-refractivity contribution in [2.24, 2.45) is 0 Å². The molecule has 0 fully saturated rings. The standard InChI is InChI=1S/C75H53NO3/c1-73(2)56-39-44(33-35-49(56)64-58(73)41-53(71-66(64)51-25-13-18-30-61(51)78-71)43-32-37-63-54(38-43)47-23-12-17-29-60(47)77-63)76(59-28-16-11-22-46(59)42-20-8-7-9-21-42)45-34-36-50-57(40-45)75(5,6)69-65(50)67-52-26-14-19-31-62(52)79-72(67)68-48-24-10-15-27-55(48)74(3,4)70(68)69/h7-41H,1-6H3. The van der Waals surface area contributed by atoms with Gasteiger partial charge in [-0.1, -0.05) is 187 Å². The van der Waals surface area contributed by atoms with E-state index in [0.717, 1.165) is 94.2 Å². The summed E-state index contributed by atoms with van der Waals surface area (Å²) in [6.07, 6.45) is 0. The van der Waals surface area contributed by atoms with Crippen molar-refractivity contribution in [1.29, 1.82) is 0 Å². The maximum absolute atomic E-state index is 7.04. The van der Waals surface area contributed by atoms with Gasteiger partial charge in [0.2, 0.25) is 0 Å². The molecule has 0 N–H and O–H groups in total. The lowest BCUT2D eigenvalue weighted by Gasteiger charge is -2.32. The van der Waals surface area contributed by atoms with Gasteiger partial charge >= 0.3 is 0 Å². The summed E-state index contributed by atoms with van der Waals surface area (Å²) in [4.78, 5) is 2.52. The van der Waals surface area contributed by atoms with Crippen LogP contribution < -0.4 is 4.90 Å². The third kappa shape index (κ3) is 5.83. The molecule has 0 bridgehead atoms. The zero-order valence-corrected chi connectivity index (χ0v) is 44.9. The Balaban J connectivity index is 0.890. The molecule has 0 unspecified atom stereocenters. The second kappa shape index (κ2) is 15.4. The summed E-state index contributed by atoms with van der Waals surface area (Å²) in [7, 11) is 0. The molecule has 3 heterocycles. The molecule has 4 nitrogen and oxygen atoms in total. The van der Waals surface area contributed by atoms with Gasteiger partial charge in [-0.2, -0.15) is 0 Å². The van der Waals surface area contributed by atoms with Crippen molar-refractivity contribution in [2.45, 2.75) is 57.8 Å². The van der Waals surface area contributed by atoms with Crippen LogP contribution in [0.1, 0.15) is 74.9 Å². The summed E-state index contributed by atoms with van der Waals surface area (Å²) in [5.41, 5.74) is 27.9. The Bertz CT molecular complexity index is 5000. The number of hydrogen-bond acceptors (Lipinski definition) is 4. The predicted octanol–water partition coefficient (Wildman–Crippen LogP) is 21.1. The number of anilines is 3. The van der Waals surface area contributed by atoms with Gasteiger partial charge in [-0.25, -0.2) is 0 Å². The summed E-state index contributed by atoms with van der Waals surface area (Å²) >= 11 is 0. The molecule has 0 aliphatic heterocycles. The van der Waals surface area contributed by atoms with Gasteiger partial charge in [-0.05, 0) is 139 Å². The summed E-state index contributed by atoms with van der Waals surface area (Å²) in [6.45, 7) is 14.5. The molecule has 376 valence electrons. The van der Waals surface area contributed by atoms with E-state index in [9.17, 15) is 0 Å². The van der Waals surface area contributed by atoms with Crippen LogP contribution in [0.2, 0.25) is 0 Å². The van der Waals surface area contributed by atoms with Gasteiger partial charge < -0.3 is 18.2 Å². The van der Waals surface area contributed by atoms with Crippen molar-refractivity contribution in [3.63, 3.8) is 0 Å². The lowest BCUT2D eigenvalue weighted by atomic mass is 9.72. The minimum atomic E-state index is -0.385. The average Bonchev–Trinajstić information content (AvgIpc) is 4.41. The summed E-state index contributed by atoms with van der Waals surface area (Å²) < 4.78 is 20.4. The SMILES string of the molecule is CC1(C)c2cc(N(c3ccc4c(c3)C(C)(C)c3c5c(c6oc7ccccc7c6c3-4)-c3ccccc3C5(C)C)c3ccccc3-c3ccccc3)ccc2-c2c1cc(-c1ccc3oc4ccccc4c3c1)c1oc3ccccc3c21. The largest absolute Gasteiger partial charge is 0.456 e. The minimum absolute atomic E-state index is 0.252. The molecule has 0 radical (unpaired) electrons. The van der Waals surface area contributed by atoms with Crippen molar-refractivity contribution in [3.05, 3.63) is 246 Å². The van der Waals surface area contributed by atoms with E-state index in [1.807, 2.05) is 12.1 Å². The molecule has 11 aromatic carbocycles. The Hall–Kier alpha value is -9.38. The molecule has 17 rings (SSSR count). The second-order valence-corrected chi connectivity index (χ2v) is 23.9. The number of fused-ring (bicyclic) bond motifs is 22. The van der Waals surface area contributed by atoms with Crippen LogP contribution in [0.3, 0.4) is 0 Å². The molecular weight excluding hydrogens is 963 g/mol. The first-order chi connectivity index (χ1) is 38.5. The van der Waals surface area contributed by atoms with E-state index in [-0.39, 0.29) is 16.2 Å². The van der Waals surface area contributed by atoms with Crippen LogP contribution in [-0.2, 0) is 16.2 Å². The topological polar surface area (TPSA) is 42.7 Å². The van der Waals surface area contributed by atoms with Crippen LogP contribution in [0.4, 0.5) is 17.1 Å². The normalized spacial score (nSPS) is 15.0. The molecule has 0 saturated carbocycles. The summed E-state index contributed by atoms with van der Waals surface area (Å²) in [6, 6.07) is 77.8. The Morgan fingerprint density at radius 1 is 0.304 bits per heavy atom. The molecular formula is C75H53NO3. The third-order valence-electron chi connectivity index (χ3n) is 18.6. The molecule has 0 spiro atoms. The van der Waals surface area contributed by atoms with E-state index in [4.69, 9.17) is 13.3 Å². The van der Waals surface area contributed by atoms with Gasteiger partial charge in [-0.15, -0.1) is 0 Å². The molecule has 14 aromatic rings. The molecule has 79 heavy (non-hydrogen) atoms. The number of hydrogen-bond donors (Lipinski definition) is 0. The zero-order chi connectivity index (χ0) is 52.8. The van der Waals surface area contributed by atoms with Crippen molar-refractivity contribution in [2.75, 3.05) is 4.90 Å². The number of nitrogens with zero attached hydrogens (tertiary/aromatic N) is 1. The van der Waals surface area contributed by atoms with Crippen LogP contribution in [0.25, 0.3) is 121 Å². The van der Waals surface area contributed by atoms with E-state index >= 15 is 0 Å². The van der Waals surface area contributed by atoms with Gasteiger partial charge in [0.05, 0.1) is 5.69 Å². The predicted molar refractivity (Wildman–Crippen MR) is 327 cm³/mol. The van der Waals surface area contributed by atoms with Gasteiger partial charge in [0.25, 0.3) is 0 Å². The van der Waals surface area contributed by atoms with Crippen LogP contribution in [-0.4, -0.2) is 0 Å². The summed E-state index contributed by atoms with van der Waals surface area (Å²) in [5.74, 6) is 0. The fourth-order valence-corrected chi connectivity index (χ4v) is 14.9. The lowest BCUT2D eigenvalue weighted by molar-refractivity contribution is 0.600. The van der Waals surface area contributed by atoms with Gasteiger partial charge in [-0.3, -0.25) is 0 Å². The van der Waals surface area contributed by atoms with E-state index in [2.05, 4.69) is 247 Å². The van der Waals surface area contributed by atoms with E-state index in [1.165, 1.54) is 77.7 Å². The maximum Gasteiger partial charge on any atom is 0.144 e. The molecule has 3 aliphatic rings. The highest BCUT2D eigenvalue weighted by atomic mass is 16.3. The molecule has 3 aliphatic carbocycles. The number of para-hydroxylation sites is 4. The molecule has 3 aromatic heterocycles. The number of furan rings is 3. The van der Waals surface area contributed by atoms with Crippen molar-refractivity contribution in [1.82, 2.24) is 0 Å². The highest BCUT2D eigenvalue weighted by Gasteiger charge is 2.49. The monoisotopic (exact) mass is 1020 g/mol. The van der Waals surface area contributed by atoms with Gasteiger partial charge in [0.15, 0.2) is 0 Å². The van der Waals surface area contributed by atoms with Crippen LogP contribution in [0.15, 0.2) is 226 Å². The number of benzene rings is 11. The Kier molecular flexibility index (Phi) is 8.73. The molecule has 0 saturated heterocycles. The second-order valence-electron chi connectivity index (χ2n) is 23.9. The van der Waals surface area contributed by atoms with Crippen LogP contribution in [0, 0.1) is 0 Å². The first kappa shape index (κ1) is 44.7. The third-order valence-corrected chi connectivity index (χ3v) is 18.6. The van der Waals surface area contributed by atoms with Crippen molar-refractivity contribution >= 4 is 82.9 Å². The van der Waals surface area contributed by atoms with Crippen molar-refractivity contribution < 1.29 is 13.3 Å². The summed E-state index contributed by atoms with van der Waals surface area (Å²) in [5, 5.41) is 6.86.